The first kappa shape index (κ1) is 13.4. The van der Waals surface area contributed by atoms with Crippen molar-refractivity contribution in [1.82, 2.24) is 0 Å². The highest BCUT2D eigenvalue weighted by molar-refractivity contribution is 9.10. The number of hydrogen-bond donors (Lipinski definition) is 1. The lowest BCUT2D eigenvalue weighted by molar-refractivity contribution is 0.0661. The van der Waals surface area contributed by atoms with Crippen LogP contribution in [-0.2, 0) is 5.41 Å². The molecule has 1 aromatic carbocycles. The monoisotopic (exact) mass is 330 g/mol. The van der Waals surface area contributed by atoms with Gasteiger partial charge >= 0.3 is 5.97 Å². The number of furan rings is 1. The molecule has 0 aliphatic carbocycles. The Morgan fingerprint density at radius 3 is 2.50 bits per heavy atom. The van der Waals surface area contributed by atoms with Gasteiger partial charge in [0.15, 0.2) is 5.58 Å². The number of carbonyl (C=O) groups is 1. The molecular formula is C13H12BrClO3. The molecule has 3 nitrogen and oxygen atoms in total. The average Bonchev–Trinajstić information content (AvgIpc) is 2.64. The molecule has 0 amide bonds. The van der Waals surface area contributed by atoms with Gasteiger partial charge in [0.2, 0.25) is 5.76 Å². The highest BCUT2D eigenvalue weighted by Gasteiger charge is 2.30. The zero-order chi connectivity index (χ0) is 13.7. The number of halogens is 2. The molecule has 18 heavy (non-hydrogen) atoms. The van der Waals surface area contributed by atoms with Gasteiger partial charge in [0.25, 0.3) is 0 Å². The van der Waals surface area contributed by atoms with Crippen LogP contribution in [0, 0.1) is 0 Å². The molecular weight excluding hydrogens is 319 g/mol. The predicted octanol–water partition coefficient (Wildman–Crippen LogP) is 4.84. The minimum absolute atomic E-state index is 0.0497. The third-order valence-electron chi connectivity index (χ3n) is 2.68. The summed E-state index contributed by atoms with van der Waals surface area (Å²) in [6, 6.07) is 3.47. The van der Waals surface area contributed by atoms with E-state index in [1.807, 2.05) is 20.8 Å². The van der Waals surface area contributed by atoms with Crippen LogP contribution < -0.4 is 0 Å². The second-order valence-electron chi connectivity index (χ2n) is 5.09. The molecule has 0 saturated heterocycles. The van der Waals surface area contributed by atoms with Gasteiger partial charge in [0, 0.05) is 15.4 Å². The maximum Gasteiger partial charge on any atom is 0.372 e. The normalized spacial score (nSPS) is 12.1. The van der Waals surface area contributed by atoms with Crippen molar-refractivity contribution in [3.63, 3.8) is 0 Å². The van der Waals surface area contributed by atoms with Crippen molar-refractivity contribution < 1.29 is 14.3 Å². The first-order valence-corrected chi connectivity index (χ1v) is 6.55. The van der Waals surface area contributed by atoms with E-state index in [1.54, 1.807) is 12.1 Å². The molecule has 0 spiro atoms. The molecule has 0 atom stereocenters. The van der Waals surface area contributed by atoms with Crippen LogP contribution >= 0.6 is 27.5 Å². The Kier molecular flexibility index (Phi) is 3.19. The first-order valence-electron chi connectivity index (χ1n) is 5.37. The average molecular weight is 332 g/mol. The SMILES string of the molecule is CC(C)(C)c1c(C(=O)O)oc2c(Cl)ccc(Br)c12. The summed E-state index contributed by atoms with van der Waals surface area (Å²) in [6.07, 6.45) is 0. The number of hydrogen-bond acceptors (Lipinski definition) is 2. The van der Waals surface area contributed by atoms with E-state index < -0.39 is 5.97 Å². The summed E-state index contributed by atoms with van der Waals surface area (Å²) in [5.41, 5.74) is 0.708. The van der Waals surface area contributed by atoms with Crippen molar-refractivity contribution in [2.75, 3.05) is 0 Å². The number of aromatic carboxylic acids is 1. The van der Waals surface area contributed by atoms with E-state index >= 15 is 0 Å². The molecule has 1 aromatic heterocycles. The predicted molar refractivity (Wildman–Crippen MR) is 74.6 cm³/mol. The fourth-order valence-corrected chi connectivity index (χ4v) is 2.71. The van der Waals surface area contributed by atoms with Gasteiger partial charge in [0.05, 0.1) is 5.02 Å². The van der Waals surface area contributed by atoms with Crippen molar-refractivity contribution in [3.8, 4) is 0 Å². The van der Waals surface area contributed by atoms with Gasteiger partial charge in [-0.3, -0.25) is 0 Å². The zero-order valence-corrected chi connectivity index (χ0v) is 12.5. The molecule has 96 valence electrons. The molecule has 0 bridgehead atoms. The fraction of sp³-hybridized carbons (Fsp3) is 0.308. The Balaban J connectivity index is 3.00. The van der Waals surface area contributed by atoms with Crippen molar-refractivity contribution >= 4 is 44.5 Å². The Morgan fingerprint density at radius 1 is 1.39 bits per heavy atom. The highest BCUT2D eigenvalue weighted by atomic mass is 79.9. The van der Waals surface area contributed by atoms with E-state index in [4.69, 9.17) is 16.0 Å². The highest BCUT2D eigenvalue weighted by Crippen LogP contribution is 2.41. The lowest BCUT2D eigenvalue weighted by atomic mass is 9.85. The minimum atomic E-state index is -1.08. The van der Waals surface area contributed by atoms with Crippen LogP contribution in [0.3, 0.4) is 0 Å². The van der Waals surface area contributed by atoms with Gasteiger partial charge in [-0.05, 0) is 17.5 Å². The third kappa shape index (κ3) is 2.04. The third-order valence-corrected chi connectivity index (χ3v) is 3.64. The van der Waals surface area contributed by atoms with Crippen LogP contribution in [0.25, 0.3) is 11.0 Å². The van der Waals surface area contributed by atoms with Crippen LogP contribution in [0.15, 0.2) is 21.0 Å². The summed E-state index contributed by atoms with van der Waals surface area (Å²) in [5, 5.41) is 10.4. The topological polar surface area (TPSA) is 50.4 Å². The van der Waals surface area contributed by atoms with Gasteiger partial charge in [-0.15, -0.1) is 0 Å². The molecule has 2 aromatic rings. The molecule has 1 heterocycles. The molecule has 0 unspecified atom stereocenters. The van der Waals surface area contributed by atoms with Crippen molar-refractivity contribution in [1.29, 1.82) is 0 Å². The second-order valence-corrected chi connectivity index (χ2v) is 6.36. The van der Waals surface area contributed by atoms with E-state index in [2.05, 4.69) is 15.9 Å². The van der Waals surface area contributed by atoms with E-state index in [0.29, 0.717) is 16.2 Å². The van der Waals surface area contributed by atoms with Gasteiger partial charge in [0.1, 0.15) is 0 Å². The summed E-state index contributed by atoms with van der Waals surface area (Å²) in [5.74, 6) is -1.13. The van der Waals surface area contributed by atoms with E-state index in [1.165, 1.54) is 0 Å². The molecule has 1 N–H and O–H groups in total. The maximum absolute atomic E-state index is 11.3. The Hall–Kier alpha value is -1.000. The van der Waals surface area contributed by atoms with Gasteiger partial charge in [-0.1, -0.05) is 48.3 Å². The summed E-state index contributed by atoms with van der Waals surface area (Å²) in [4.78, 5) is 11.3. The summed E-state index contributed by atoms with van der Waals surface area (Å²) >= 11 is 9.49. The number of carboxylic acids is 1. The van der Waals surface area contributed by atoms with Crippen LogP contribution in [0.5, 0.6) is 0 Å². The molecule has 0 saturated carbocycles. The van der Waals surface area contributed by atoms with E-state index in [-0.39, 0.29) is 11.2 Å². The lowest BCUT2D eigenvalue weighted by Crippen LogP contribution is -2.15. The second kappa shape index (κ2) is 4.28. The number of carboxylic acid groups (broad SMARTS) is 1. The molecule has 2 rings (SSSR count). The lowest BCUT2D eigenvalue weighted by Gasteiger charge is -2.18. The number of rotatable bonds is 1. The van der Waals surface area contributed by atoms with Crippen LogP contribution in [0.4, 0.5) is 0 Å². The molecule has 0 fully saturated rings. The van der Waals surface area contributed by atoms with E-state index in [0.717, 1.165) is 9.86 Å². The Morgan fingerprint density at radius 2 is 2.00 bits per heavy atom. The van der Waals surface area contributed by atoms with Crippen molar-refractivity contribution in [3.05, 3.63) is 33.0 Å². The van der Waals surface area contributed by atoms with E-state index in [9.17, 15) is 9.90 Å². The zero-order valence-electron chi connectivity index (χ0n) is 10.2. The molecule has 0 radical (unpaired) electrons. The summed E-state index contributed by atoms with van der Waals surface area (Å²) in [6.45, 7) is 5.82. The Labute approximate surface area is 118 Å². The maximum atomic E-state index is 11.3. The van der Waals surface area contributed by atoms with Crippen molar-refractivity contribution in [2.24, 2.45) is 0 Å². The first-order chi connectivity index (χ1) is 8.23. The molecule has 0 aliphatic rings. The molecule has 0 aliphatic heterocycles. The standard InChI is InChI=1S/C13H12BrClO3/c1-13(2,3)9-8-6(14)4-5-7(15)10(8)18-11(9)12(16)17/h4-5H,1-3H3,(H,16,17). The quantitative estimate of drug-likeness (QED) is 0.813. The minimum Gasteiger partial charge on any atom is -0.475 e. The summed E-state index contributed by atoms with van der Waals surface area (Å²) < 4.78 is 6.22. The van der Waals surface area contributed by atoms with Crippen molar-refractivity contribution in [2.45, 2.75) is 26.2 Å². The van der Waals surface area contributed by atoms with Gasteiger partial charge < -0.3 is 9.52 Å². The van der Waals surface area contributed by atoms with Crippen LogP contribution in [-0.4, -0.2) is 11.1 Å². The fourth-order valence-electron chi connectivity index (χ4n) is 2.00. The largest absolute Gasteiger partial charge is 0.475 e. The summed E-state index contributed by atoms with van der Waals surface area (Å²) in [7, 11) is 0. The number of fused-ring (bicyclic) bond motifs is 1. The molecule has 5 heteroatoms. The number of benzene rings is 1. The smallest absolute Gasteiger partial charge is 0.372 e. The van der Waals surface area contributed by atoms with Gasteiger partial charge in [-0.25, -0.2) is 4.79 Å². The van der Waals surface area contributed by atoms with Crippen LogP contribution in [0.2, 0.25) is 5.02 Å². The van der Waals surface area contributed by atoms with Crippen LogP contribution in [0.1, 0.15) is 36.9 Å². The van der Waals surface area contributed by atoms with Gasteiger partial charge in [-0.2, -0.15) is 0 Å². The Bertz CT molecular complexity index is 638.